The summed E-state index contributed by atoms with van der Waals surface area (Å²) in [7, 11) is 3.12. The molecule has 1 heterocycles. The molecular weight excluding hydrogens is 223 g/mol. The maximum absolute atomic E-state index is 13.2. The van der Waals surface area contributed by atoms with E-state index in [1.54, 1.807) is 24.0 Å². The smallest absolute Gasteiger partial charge is 0.165 e. The first-order valence-corrected chi connectivity index (χ1v) is 5.13. The summed E-state index contributed by atoms with van der Waals surface area (Å²) in [6.45, 7) is 0. The average Bonchev–Trinajstić information content (AvgIpc) is 2.75. The van der Waals surface area contributed by atoms with Crippen LogP contribution in [0.1, 0.15) is 17.4 Å². The van der Waals surface area contributed by atoms with Gasteiger partial charge in [-0.15, -0.1) is 0 Å². The molecule has 0 fully saturated rings. The number of aromatic nitrogens is 2. The fourth-order valence-corrected chi connectivity index (χ4v) is 1.67. The standard InChI is InChI=1S/C12H13FN2O2/c1-15-10(5-6-14-15)12(16)8-3-4-9(13)11(7-8)17-2/h3-7,12,16H,1-2H3. The molecule has 1 aromatic heterocycles. The van der Waals surface area contributed by atoms with E-state index in [2.05, 4.69) is 5.10 Å². The number of aliphatic hydroxyl groups excluding tert-OH is 1. The first kappa shape index (κ1) is 11.6. The van der Waals surface area contributed by atoms with Crippen LogP contribution in [0.4, 0.5) is 4.39 Å². The molecule has 0 radical (unpaired) electrons. The van der Waals surface area contributed by atoms with E-state index in [1.165, 1.54) is 25.3 Å². The second-order valence-corrected chi connectivity index (χ2v) is 3.68. The molecule has 0 aliphatic rings. The quantitative estimate of drug-likeness (QED) is 0.881. The zero-order valence-corrected chi connectivity index (χ0v) is 9.59. The van der Waals surface area contributed by atoms with E-state index < -0.39 is 11.9 Å². The summed E-state index contributed by atoms with van der Waals surface area (Å²) in [5.41, 5.74) is 1.20. The van der Waals surface area contributed by atoms with Crippen molar-refractivity contribution >= 4 is 0 Å². The van der Waals surface area contributed by atoms with E-state index in [0.717, 1.165) is 0 Å². The van der Waals surface area contributed by atoms with Gasteiger partial charge in [0.15, 0.2) is 11.6 Å². The predicted octanol–water partition coefficient (Wildman–Crippen LogP) is 1.65. The molecule has 2 aromatic rings. The Bertz CT molecular complexity index is 525. The molecule has 0 aliphatic carbocycles. The maximum atomic E-state index is 13.2. The van der Waals surface area contributed by atoms with Gasteiger partial charge in [0.2, 0.25) is 0 Å². The molecule has 0 saturated carbocycles. The van der Waals surface area contributed by atoms with Gasteiger partial charge >= 0.3 is 0 Å². The lowest BCUT2D eigenvalue weighted by Crippen LogP contribution is -2.07. The highest BCUT2D eigenvalue weighted by molar-refractivity contribution is 5.34. The van der Waals surface area contributed by atoms with Gasteiger partial charge in [-0.2, -0.15) is 5.10 Å². The van der Waals surface area contributed by atoms with Gasteiger partial charge in [0, 0.05) is 13.2 Å². The topological polar surface area (TPSA) is 47.3 Å². The molecule has 1 atom stereocenters. The summed E-state index contributed by atoms with van der Waals surface area (Å²) < 4.78 is 19.7. The molecule has 17 heavy (non-hydrogen) atoms. The molecule has 1 N–H and O–H groups in total. The minimum Gasteiger partial charge on any atom is -0.494 e. The molecule has 0 saturated heterocycles. The third kappa shape index (κ3) is 2.14. The Morgan fingerprint density at radius 2 is 2.18 bits per heavy atom. The second kappa shape index (κ2) is 4.55. The van der Waals surface area contributed by atoms with Gasteiger partial charge in [0.05, 0.1) is 12.8 Å². The monoisotopic (exact) mass is 236 g/mol. The molecule has 0 bridgehead atoms. The Balaban J connectivity index is 2.38. The van der Waals surface area contributed by atoms with E-state index >= 15 is 0 Å². The highest BCUT2D eigenvalue weighted by Gasteiger charge is 2.15. The van der Waals surface area contributed by atoms with Crippen molar-refractivity contribution in [1.29, 1.82) is 0 Å². The summed E-state index contributed by atoms with van der Waals surface area (Å²) in [4.78, 5) is 0. The van der Waals surface area contributed by atoms with Crippen molar-refractivity contribution in [1.82, 2.24) is 9.78 Å². The lowest BCUT2D eigenvalue weighted by molar-refractivity contribution is 0.209. The van der Waals surface area contributed by atoms with Crippen molar-refractivity contribution in [3.05, 3.63) is 47.5 Å². The van der Waals surface area contributed by atoms with Gasteiger partial charge in [-0.1, -0.05) is 6.07 Å². The van der Waals surface area contributed by atoms with Gasteiger partial charge in [-0.05, 0) is 23.8 Å². The van der Waals surface area contributed by atoms with Crippen LogP contribution in [0.3, 0.4) is 0 Å². The van der Waals surface area contributed by atoms with Crippen LogP contribution in [0.15, 0.2) is 30.5 Å². The van der Waals surface area contributed by atoms with Crippen LogP contribution in [-0.4, -0.2) is 22.0 Å². The number of methoxy groups -OCH3 is 1. The van der Waals surface area contributed by atoms with Gasteiger partial charge in [-0.25, -0.2) is 4.39 Å². The van der Waals surface area contributed by atoms with E-state index in [4.69, 9.17) is 4.74 Å². The lowest BCUT2D eigenvalue weighted by atomic mass is 10.1. The van der Waals surface area contributed by atoms with Crippen LogP contribution >= 0.6 is 0 Å². The fraction of sp³-hybridized carbons (Fsp3) is 0.250. The molecule has 1 unspecified atom stereocenters. The van der Waals surface area contributed by atoms with Gasteiger partial charge in [-0.3, -0.25) is 4.68 Å². The number of aryl methyl sites for hydroxylation is 1. The van der Waals surface area contributed by atoms with Crippen LogP contribution < -0.4 is 4.74 Å². The molecular formula is C12H13FN2O2. The average molecular weight is 236 g/mol. The van der Waals surface area contributed by atoms with E-state index in [1.807, 2.05) is 0 Å². The third-order valence-corrected chi connectivity index (χ3v) is 2.63. The fourth-order valence-electron chi connectivity index (χ4n) is 1.67. The minimum atomic E-state index is -0.850. The number of hydrogen-bond donors (Lipinski definition) is 1. The van der Waals surface area contributed by atoms with Crippen LogP contribution in [0.5, 0.6) is 5.75 Å². The molecule has 5 heteroatoms. The van der Waals surface area contributed by atoms with Crippen molar-refractivity contribution in [2.45, 2.75) is 6.10 Å². The summed E-state index contributed by atoms with van der Waals surface area (Å²) in [6.07, 6.45) is 0.747. The summed E-state index contributed by atoms with van der Waals surface area (Å²) in [5, 5.41) is 14.1. The zero-order valence-electron chi connectivity index (χ0n) is 9.59. The molecule has 1 aromatic carbocycles. The van der Waals surface area contributed by atoms with Crippen LogP contribution in [-0.2, 0) is 7.05 Å². The Morgan fingerprint density at radius 3 is 2.76 bits per heavy atom. The van der Waals surface area contributed by atoms with Crippen molar-refractivity contribution in [3.8, 4) is 5.75 Å². The van der Waals surface area contributed by atoms with Crippen molar-refractivity contribution in [3.63, 3.8) is 0 Å². The first-order valence-electron chi connectivity index (χ1n) is 5.13. The van der Waals surface area contributed by atoms with Crippen LogP contribution in [0.2, 0.25) is 0 Å². The number of benzene rings is 1. The zero-order chi connectivity index (χ0) is 12.4. The number of nitrogens with zero attached hydrogens (tertiary/aromatic N) is 2. The highest BCUT2D eigenvalue weighted by atomic mass is 19.1. The number of aliphatic hydroxyl groups is 1. The SMILES string of the molecule is COc1cc(C(O)c2ccnn2C)ccc1F. The normalized spacial score (nSPS) is 12.5. The largest absolute Gasteiger partial charge is 0.494 e. The van der Waals surface area contributed by atoms with Gasteiger partial charge < -0.3 is 9.84 Å². The number of halogens is 1. The van der Waals surface area contributed by atoms with Gasteiger partial charge in [0.25, 0.3) is 0 Å². The van der Waals surface area contributed by atoms with E-state index in [0.29, 0.717) is 11.3 Å². The Kier molecular flexibility index (Phi) is 3.10. The Hall–Kier alpha value is -1.88. The Morgan fingerprint density at radius 1 is 1.41 bits per heavy atom. The molecule has 2 rings (SSSR count). The summed E-state index contributed by atoms with van der Waals surface area (Å²) in [5.74, 6) is -0.336. The Labute approximate surface area is 98.3 Å². The van der Waals surface area contributed by atoms with Gasteiger partial charge in [0.1, 0.15) is 6.10 Å². The molecule has 0 aliphatic heterocycles. The van der Waals surface area contributed by atoms with E-state index in [9.17, 15) is 9.50 Å². The van der Waals surface area contributed by atoms with Crippen LogP contribution in [0, 0.1) is 5.82 Å². The minimum absolute atomic E-state index is 0.115. The summed E-state index contributed by atoms with van der Waals surface area (Å²) in [6, 6.07) is 5.98. The summed E-state index contributed by atoms with van der Waals surface area (Å²) >= 11 is 0. The third-order valence-electron chi connectivity index (χ3n) is 2.63. The van der Waals surface area contributed by atoms with Crippen LogP contribution in [0.25, 0.3) is 0 Å². The predicted molar refractivity (Wildman–Crippen MR) is 60.2 cm³/mol. The molecule has 90 valence electrons. The molecule has 0 amide bonds. The molecule has 4 nitrogen and oxygen atoms in total. The lowest BCUT2D eigenvalue weighted by Gasteiger charge is -2.12. The van der Waals surface area contributed by atoms with E-state index in [-0.39, 0.29) is 5.75 Å². The number of hydrogen-bond acceptors (Lipinski definition) is 3. The van der Waals surface area contributed by atoms with Crippen molar-refractivity contribution in [2.24, 2.45) is 7.05 Å². The number of rotatable bonds is 3. The maximum Gasteiger partial charge on any atom is 0.165 e. The molecule has 0 spiro atoms. The first-order chi connectivity index (χ1) is 8.13. The van der Waals surface area contributed by atoms with Crippen molar-refractivity contribution < 1.29 is 14.2 Å². The van der Waals surface area contributed by atoms with Crippen molar-refractivity contribution in [2.75, 3.05) is 7.11 Å². The number of ether oxygens (including phenoxy) is 1. The highest BCUT2D eigenvalue weighted by Crippen LogP contribution is 2.26. The second-order valence-electron chi connectivity index (χ2n) is 3.68.